The summed E-state index contributed by atoms with van der Waals surface area (Å²) in [5.74, 6) is 0. The van der Waals surface area contributed by atoms with Gasteiger partial charge in [-0.05, 0) is 45.3 Å². The Balaban J connectivity index is 1.73. The van der Waals surface area contributed by atoms with Crippen molar-refractivity contribution in [2.45, 2.75) is 45.1 Å². The van der Waals surface area contributed by atoms with E-state index >= 15 is 0 Å². The minimum atomic E-state index is -0.683. The van der Waals surface area contributed by atoms with Gasteiger partial charge in [0.05, 0.1) is 24.3 Å². The highest BCUT2D eigenvalue weighted by Gasteiger charge is 2.51. The Morgan fingerprint density at radius 1 is 1.05 bits per heavy atom. The molecule has 0 unspecified atom stereocenters. The first-order valence-electron chi connectivity index (χ1n) is 7.13. The van der Waals surface area contributed by atoms with Crippen molar-refractivity contribution < 1.29 is 13.7 Å². The van der Waals surface area contributed by atoms with Gasteiger partial charge in [-0.2, -0.15) is 0 Å². The molecule has 0 amide bonds. The zero-order chi connectivity index (χ0) is 14.5. The standard InChI is InChI=1S/C15H21BFNO2/c1-14(2)15(3,4)20-16(19-14)11-5-7-13(8-6-11)18-9-12(17)10-18/h5-8,12H,9-10H2,1-4H3. The van der Waals surface area contributed by atoms with E-state index in [1.807, 2.05) is 56.9 Å². The summed E-state index contributed by atoms with van der Waals surface area (Å²) in [5, 5.41) is 0. The van der Waals surface area contributed by atoms with Crippen LogP contribution >= 0.6 is 0 Å². The molecule has 5 heteroatoms. The molecule has 3 rings (SSSR count). The molecule has 0 atom stereocenters. The molecule has 2 aliphatic rings. The second kappa shape index (κ2) is 4.47. The van der Waals surface area contributed by atoms with E-state index in [-0.39, 0.29) is 18.3 Å². The topological polar surface area (TPSA) is 21.7 Å². The van der Waals surface area contributed by atoms with E-state index in [1.165, 1.54) is 0 Å². The molecular formula is C15H21BFNO2. The Bertz CT molecular complexity index is 481. The third kappa shape index (κ3) is 2.23. The van der Waals surface area contributed by atoms with E-state index in [0.717, 1.165) is 11.2 Å². The number of alkyl halides is 1. The predicted octanol–water partition coefficient (Wildman–Crippen LogP) is 2.14. The summed E-state index contributed by atoms with van der Waals surface area (Å²) in [5.41, 5.74) is 1.41. The Hall–Kier alpha value is -1.07. The number of rotatable bonds is 2. The smallest absolute Gasteiger partial charge is 0.399 e. The van der Waals surface area contributed by atoms with Gasteiger partial charge in [0.25, 0.3) is 0 Å². The lowest BCUT2D eigenvalue weighted by atomic mass is 9.79. The maximum absolute atomic E-state index is 12.9. The molecular weight excluding hydrogens is 256 g/mol. The maximum atomic E-state index is 12.9. The lowest BCUT2D eigenvalue weighted by Gasteiger charge is -2.36. The van der Waals surface area contributed by atoms with Crippen molar-refractivity contribution in [2.24, 2.45) is 0 Å². The molecule has 0 N–H and O–H groups in total. The Morgan fingerprint density at radius 3 is 2.00 bits per heavy atom. The normalized spacial score (nSPS) is 24.9. The molecule has 0 bridgehead atoms. The minimum Gasteiger partial charge on any atom is -0.399 e. The molecule has 0 radical (unpaired) electrons. The summed E-state index contributed by atoms with van der Waals surface area (Å²) in [4.78, 5) is 2.03. The van der Waals surface area contributed by atoms with Crippen LogP contribution in [0.15, 0.2) is 24.3 Å². The van der Waals surface area contributed by atoms with E-state index in [1.54, 1.807) is 0 Å². The maximum Gasteiger partial charge on any atom is 0.494 e. The molecule has 2 fully saturated rings. The first-order valence-corrected chi connectivity index (χ1v) is 7.13. The highest BCUT2D eigenvalue weighted by molar-refractivity contribution is 6.62. The van der Waals surface area contributed by atoms with Crippen molar-refractivity contribution >= 4 is 18.3 Å². The van der Waals surface area contributed by atoms with Gasteiger partial charge in [-0.3, -0.25) is 0 Å². The van der Waals surface area contributed by atoms with E-state index in [9.17, 15) is 4.39 Å². The Labute approximate surface area is 120 Å². The predicted molar refractivity (Wildman–Crippen MR) is 79.3 cm³/mol. The minimum absolute atomic E-state index is 0.324. The van der Waals surface area contributed by atoms with Crippen LogP contribution in [0.5, 0.6) is 0 Å². The van der Waals surface area contributed by atoms with Crippen molar-refractivity contribution in [1.29, 1.82) is 0 Å². The average molecular weight is 277 g/mol. The van der Waals surface area contributed by atoms with Gasteiger partial charge in [-0.1, -0.05) is 12.1 Å². The van der Waals surface area contributed by atoms with E-state index in [4.69, 9.17) is 9.31 Å². The highest BCUT2D eigenvalue weighted by atomic mass is 19.1. The first-order chi connectivity index (χ1) is 9.28. The Kier molecular flexibility index (Phi) is 3.10. The quantitative estimate of drug-likeness (QED) is 0.773. The fourth-order valence-electron chi connectivity index (χ4n) is 2.46. The lowest BCUT2D eigenvalue weighted by molar-refractivity contribution is 0.00578. The van der Waals surface area contributed by atoms with Gasteiger partial charge in [-0.25, -0.2) is 4.39 Å². The van der Waals surface area contributed by atoms with Crippen molar-refractivity contribution in [3.05, 3.63) is 24.3 Å². The van der Waals surface area contributed by atoms with Crippen LogP contribution < -0.4 is 10.4 Å². The fraction of sp³-hybridized carbons (Fsp3) is 0.600. The van der Waals surface area contributed by atoms with E-state index in [0.29, 0.717) is 13.1 Å². The fourth-order valence-corrected chi connectivity index (χ4v) is 2.46. The molecule has 20 heavy (non-hydrogen) atoms. The van der Waals surface area contributed by atoms with Crippen LogP contribution in [0, 0.1) is 0 Å². The van der Waals surface area contributed by atoms with Gasteiger partial charge >= 0.3 is 7.12 Å². The molecule has 2 aliphatic heterocycles. The number of hydrogen-bond acceptors (Lipinski definition) is 3. The monoisotopic (exact) mass is 277 g/mol. The molecule has 3 nitrogen and oxygen atoms in total. The summed E-state index contributed by atoms with van der Waals surface area (Å²) < 4.78 is 24.9. The Morgan fingerprint density at radius 2 is 1.55 bits per heavy atom. The van der Waals surface area contributed by atoms with Gasteiger partial charge in [-0.15, -0.1) is 0 Å². The summed E-state index contributed by atoms with van der Waals surface area (Å²) in [6.45, 7) is 9.17. The van der Waals surface area contributed by atoms with Crippen molar-refractivity contribution in [1.82, 2.24) is 0 Å². The zero-order valence-electron chi connectivity index (χ0n) is 12.5. The van der Waals surface area contributed by atoms with Gasteiger partial charge in [0, 0.05) is 5.69 Å². The molecule has 2 saturated heterocycles. The third-order valence-corrected chi connectivity index (χ3v) is 4.62. The molecule has 108 valence electrons. The molecule has 1 aromatic rings. The number of halogens is 1. The number of nitrogens with zero attached hydrogens (tertiary/aromatic N) is 1. The molecule has 0 spiro atoms. The zero-order valence-corrected chi connectivity index (χ0v) is 12.5. The van der Waals surface area contributed by atoms with Crippen LogP contribution in [0.3, 0.4) is 0 Å². The van der Waals surface area contributed by atoms with Gasteiger partial charge in [0.2, 0.25) is 0 Å². The van der Waals surface area contributed by atoms with Crippen LogP contribution in [-0.2, 0) is 9.31 Å². The molecule has 1 aromatic carbocycles. The lowest BCUT2D eigenvalue weighted by Crippen LogP contribution is -2.48. The summed E-state index contributed by atoms with van der Waals surface area (Å²) in [7, 11) is -0.334. The summed E-state index contributed by atoms with van der Waals surface area (Å²) >= 11 is 0. The van der Waals surface area contributed by atoms with Gasteiger partial charge in [0.15, 0.2) is 0 Å². The number of benzene rings is 1. The van der Waals surface area contributed by atoms with E-state index < -0.39 is 6.17 Å². The molecule has 0 saturated carbocycles. The number of anilines is 1. The SMILES string of the molecule is CC1(C)OB(c2ccc(N3CC(F)C3)cc2)OC1(C)C. The van der Waals surface area contributed by atoms with Crippen molar-refractivity contribution in [2.75, 3.05) is 18.0 Å². The molecule has 0 aliphatic carbocycles. The number of hydrogen-bond donors (Lipinski definition) is 0. The van der Waals surface area contributed by atoms with Crippen LogP contribution in [0.1, 0.15) is 27.7 Å². The third-order valence-electron chi connectivity index (χ3n) is 4.62. The first kappa shape index (κ1) is 13.9. The van der Waals surface area contributed by atoms with Crippen LogP contribution in [0.4, 0.5) is 10.1 Å². The second-order valence-corrected chi connectivity index (χ2v) is 6.68. The molecule has 2 heterocycles. The van der Waals surface area contributed by atoms with Crippen LogP contribution in [-0.4, -0.2) is 37.6 Å². The highest BCUT2D eigenvalue weighted by Crippen LogP contribution is 2.36. The van der Waals surface area contributed by atoms with Crippen LogP contribution in [0.25, 0.3) is 0 Å². The molecule has 0 aromatic heterocycles. The van der Waals surface area contributed by atoms with Crippen molar-refractivity contribution in [3.63, 3.8) is 0 Å². The second-order valence-electron chi connectivity index (χ2n) is 6.68. The summed E-state index contributed by atoms with van der Waals surface area (Å²) in [6, 6.07) is 8.02. The van der Waals surface area contributed by atoms with Gasteiger partial charge in [0.1, 0.15) is 6.17 Å². The van der Waals surface area contributed by atoms with Crippen LogP contribution in [0.2, 0.25) is 0 Å². The largest absolute Gasteiger partial charge is 0.494 e. The van der Waals surface area contributed by atoms with Gasteiger partial charge < -0.3 is 14.2 Å². The average Bonchev–Trinajstić information content (AvgIpc) is 2.55. The van der Waals surface area contributed by atoms with E-state index in [2.05, 4.69) is 0 Å². The van der Waals surface area contributed by atoms with Crippen molar-refractivity contribution in [3.8, 4) is 0 Å². The summed E-state index contributed by atoms with van der Waals surface area (Å²) in [6.07, 6.45) is -0.683.